The maximum Gasteiger partial charge on any atom is 0.258 e. The number of benzene rings is 2. The van der Waals surface area contributed by atoms with E-state index in [-0.39, 0.29) is 10.5 Å². The lowest BCUT2D eigenvalue weighted by Crippen LogP contribution is -2.44. The molecule has 1 aliphatic rings. The van der Waals surface area contributed by atoms with Gasteiger partial charge in [0.05, 0.1) is 20.3 Å². The van der Waals surface area contributed by atoms with E-state index in [1.165, 1.54) is 23.5 Å². The van der Waals surface area contributed by atoms with Crippen molar-refractivity contribution >= 4 is 75.3 Å². The third-order valence-electron chi connectivity index (χ3n) is 8.59. The van der Waals surface area contributed by atoms with E-state index in [0.29, 0.717) is 43.9 Å². The van der Waals surface area contributed by atoms with Gasteiger partial charge in [0, 0.05) is 40.3 Å². The number of hydrogen-bond donors (Lipinski definition) is 1. The smallest absolute Gasteiger partial charge is 0.258 e. The quantitative estimate of drug-likeness (QED) is 0.118. The zero-order chi connectivity index (χ0) is 36.7. The first-order valence-corrected chi connectivity index (χ1v) is 20.7. The van der Waals surface area contributed by atoms with Crippen molar-refractivity contribution in [2.75, 3.05) is 0 Å². The van der Waals surface area contributed by atoms with E-state index < -0.39 is 5.66 Å². The van der Waals surface area contributed by atoms with Crippen molar-refractivity contribution in [2.24, 2.45) is 12.0 Å². The van der Waals surface area contributed by atoms with Crippen LogP contribution in [0.3, 0.4) is 0 Å². The minimum absolute atomic E-state index is 0.158. The Bertz CT molecular complexity index is 2410. The van der Waals surface area contributed by atoms with Crippen LogP contribution < -0.4 is 5.48 Å². The Morgan fingerprint density at radius 3 is 2.34 bits per heavy atom. The number of thiophene rings is 2. The summed E-state index contributed by atoms with van der Waals surface area (Å²) in [6, 6.07) is 21.0. The number of hydroxylamine groups is 1. The fourth-order valence-electron chi connectivity index (χ4n) is 5.80. The summed E-state index contributed by atoms with van der Waals surface area (Å²) in [5.41, 5.74) is 4.16. The first kappa shape index (κ1) is 36.0. The molecule has 6 heterocycles. The molecule has 5 aromatic heterocycles. The standard InChI is InChI=1S/C35H30Cl2N10O2S4/c1-5-47-30(27-12-8-16-51-27)41-43-34(47)52-19(2)28-38-31(48-44-28)22-13-14-24(25(37)18-22)35(39-32(49-45-35)21-9-6-10-23(36)17-21)20(3)53-33-42-40-29(46(33)4)26-11-7-15-50-26/h6-20,45H,5H2,1-4H3. The average molecular weight is 822 g/mol. The Hall–Kier alpha value is -4.03. The predicted molar refractivity (Wildman–Crippen MR) is 212 cm³/mol. The van der Waals surface area contributed by atoms with E-state index in [1.54, 1.807) is 40.9 Å². The Morgan fingerprint density at radius 2 is 1.62 bits per heavy atom. The molecular weight excluding hydrogens is 792 g/mol. The van der Waals surface area contributed by atoms with Crippen LogP contribution in [0.25, 0.3) is 32.9 Å². The zero-order valence-corrected chi connectivity index (χ0v) is 33.4. The highest BCUT2D eigenvalue weighted by Crippen LogP contribution is 2.44. The molecule has 0 bridgehead atoms. The van der Waals surface area contributed by atoms with Gasteiger partial charge in [-0.05, 0) is 74.0 Å². The Kier molecular flexibility index (Phi) is 10.2. The van der Waals surface area contributed by atoms with Crippen molar-refractivity contribution in [1.29, 1.82) is 0 Å². The third kappa shape index (κ3) is 6.93. The van der Waals surface area contributed by atoms with Crippen LogP contribution in [0.1, 0.15) is 43.0 Å². The summed E-state index contributed by atoms with van der Waals surface area (Å²) < 4.78 is 9.83. The van der Waals surface area contributed by atoms with Crippen molar-refractivity contribution in [3.05, 3.63) is 104 Å². The van der Waals surface area contributed by atoms with Crippen LogP contribution >= 0.6 is 69.4 Å². The summed E-state index contributed by atoms with van der Waals surface area (Å²) in [6.07, 6.45) is 0. The van der Waals surface area contributed by atoms with Crippen LogP contribution in [0, 0.1) is 0 Å². The van der Waals surface area contributed by atoms with Gasteiger partial charge in [-0.25, -0.2) is 4.99 Å². The van der Waals surface area contributed by atoms with Crippen LogP contribution in [0.4, 0.5) is 0 Å². The van der Waals surface area contributed by atoms with E-state index in [1.807, 2.05) is 84.8 Å². The molecule has 0 aliphatic carbocycles. The lowest BCUT2D eigenvalue weighted by atomic mass is 9.96. The summed E-state index contributed by atoms with van der Waals surface area (Å²) >= 11 is 19.7. The number of nitrogens with zero attached hydrogens (tertiary/aromatic N) is 9. The SMILES string of the molecule is CCn1c(SC(C)c2noc(-c3ccc(C4(C(C)Sc5nnc(-c6cccs6)n5C)N=C(c5cccc(Cl)c5)ON4)c(Cl)c3)n2)nnc1-c1cccs1. The Balaban J connectivity index is 1.08. The molecule has 0 amide bonds. The second-order valence-corrected chi connectivity index (χ2v) is 17.3. The van der Waals surface area contributed by atoms with Crippen LogP contribution in [-0.4, -0.2) is 50.8 Å². The number of hydrogen-bond acceptors (Lipinski definition) is 14. The fraction of sp³-hybridized carbons (Fsp3) is 0.229. The van der Waals surface area contributed by atoms with Crippen molar-refractivity contribution in [3.63, 3.8) is 0 Å². The highest BCUT2D eigenvalue weighted by atomic mass is 35.5. The molecule has 0 saturated heterocycles. The molecule has 7 aromatic rings. The van der Waals surface area contributed by atoms with Gasteiger partial charge in [0.25, 0.3) is 5.89 Å². The highest BCUT2D eigenvalue weighted by Gasteiger charge is 2.46. The van der Waals surface area contributed by atoms with Crippen molar-refractivity contribution in [3.8, 4) is 32.9 Å². The van der Waals surface area contributed by atoms with Gasteiger partial charge < -0.3 is 18.5 Å². The lowest BCUT2D eigenvalue weighted by molar-refractivity contribution is 0.118. The largest absolute Gasteiger partial charge is 0.385 e. The van der Waals surface area contributed by atoms with Gasteiger partial charge in [-0.15, -0.1) is 48.5 Å². The second kappa shape index (κ2) is 15.0. The molecule has 3 unspecified atom stereocenters. The summed E-state index contributed by atoms with van der Waals surface area (Å²) in [6.45, 7) is 6.86. The number of halogens is 2. The highest BCUT2D eigenvalue weighted by molar-refractivity contribution is 7.99. The summed E-state index contributed by atoms with van der Waals surface area (Å²) in [5.74, 6) is 2.88. The van der Waals surface area contributed by atoms with E-state index in [0.717, 1.165) is 38.7 Å². The topological polar surface area (TPSA) is 134 Å². The first-order valence-electron chi connectivity index (χ1n) is 16.4. The van der Waals surface area contributed by atoms with E-state index in [4.69, 9.17) is 42.5 Å². The minimum Gasteiger partial charge on any atom is -0.385 e. The molecule has 12 nitrogen and oxygen atoms in total. The number of aromatic nitrogens is 8. The van der Waals surface area contributed by atoms with Crippen LogP contribution in [0.15, 0.2) is 97.3 Å². The molecule has 3 atom stereocenters. The fourth-order valence-corrected chi connectivity index (χ4v) is 9.77. The number of rotatable bonds is 12. The van der Waals surface area contributed by atoms with Gasteiger partial charge in [0.1, 0.15) is 0 Å². The van der Waals surface area contributed by atoms with Gasteiger partial charge in [0.15, 0.2) is 33.4 Å². The van der Waals surface area contributed by atoms with Gasteiger partial charge in [0.2, 0.25) is 5.90 Å². The molecule has 0 saturated carbocycles. The normalized spacial score (nSPS) is 16.8. The molecule has 8 rings (SSSR count). The Morgan fingerprint density at radius 1 is 0.868 bits per heavy atom. The summed E-state index contributed by atoms with van der Waals surface area (Å²) in [5, 5.41) is 28.3. The van der Waals surface area contributed by atoms with E-state index >= 15 is 0 Å². The number of thioether (sulfide) groups is 2. The van der Waals surface area contributed by atoms with Gasteiger partial charge in [-0.3, -0.25) is 0 Å². The van der Waals surface area contributed by atoms with Gasteiger partial charge in [-0.1, -0.05) is 76.1 Å². The molecule has 53 heavy (non-hydrogen) atoms. The summed E-state index contributed by atoms with van der Waals surface area (Å²) in [4.78, 5) is 18.1. The predicted octanol–water partition coefficient (Wildman–Crippen LogP) is 9.41. The van der Waals surface area contributed by atoms with E-state index in [9.17, 15) is 0 Å². The molecule has 18 heteroatoms. The summed E-state index contributed by atoms with van der Waals surface area (Å²) in [7, 11) is 1.95. The number of nitrogens with one attached hydrogen (secondary N) is 1. The molecule has 0 spiro atoms. The minimum atomic E-state index is -1.13. The lowest BCUT2D eigenvalue weighted by Gasteiger charge is -2.31. The molecule has 2 aromatic carbocycles. The molecule has 1 aliphatic heterocycles. The second-order valence-electron chi connectivity index (χ2n) is 11.9. The van der Waals surface area contributed by atoms with Crippen LogP contribution in [0.2, 0.25) is 10.0 Å². The maximum atomic E-state index is 7.13. The molecule has 0 radical (unpaired) electrons. The Labute approximate surface area is 331 Å². The average Bonchev–Trinajstić information content (AvgIpc) is 4.01. The van der Waals surface area contributed by atoms with Crippen LogP contribution in [0.5, 0.6) is 0 Å². The first-order chi connectivity index (χ1) is 25.7. The third-order valence-corrected chi connectivity index (χ3v) is 13.2. The molecule has 1 N–H and O–H groups in total. The molecule has 270 valence electrons. The zero-order valence-electron chi connectivity index (χ0n) is 28.6. The van der Waals surface area contributed by atoms with E-state index in [2.05, 4.69) is 42.5 Å². The molecular formula is C35H30Cl2N10O2S4. The van der Waals surface area contributed by atoms with Gasteiger partial charge in [-0.2, -0.15) is 4.98 Å². The maximum absolute atomic E-state index is 7.13. The molecule has 0 fully saturated rings. The number of aliphatic imine (C=N–C) groups is 1. The van der Waals surface area contributed by atoms with Gasteiger partial charge >= 0.3 is 0 Å². The van der Waals surface area contributed by atoms with Crippen molar-refractivity contribution in [1.82, 2.24) is 45.1 Å². The van der Waals surface area contributed by atoms with Crippen molar-refractivity contribution < 1.29 is 9.36 Å². The van der Waals surface area contributed by atoms with Crippen LogP contribution in [-0.2, 0) is 24.1 Å². The van der Waals surface area contributed by atoms with Crippen molar-refractivity contribution in [2.45, 2.75) is 53.8 Å². The monoisotopic (exact) mass is 820 g/mol.